The number of nitrogens with zero attached hydrogens (tertiary/aromatic N) is 1. The molecule has 4 rings (SSSR count). The van der Waals surface area contributed by atoms with Crippen molar-refractivity contribution in [2.45, 2.75) is 12.6 Å². The average molecular weight is 428 g/mol. The minimum Gasteiger partial charge on any atom is -0.507 e. The smallest absolute Gasteiger partial charge is 0.296 e. The van der Waals surface area contributed by atoms with Crippen LogP contribution in [0.4, 0.5) is 0 Å². The van der Waals surface area contributed by atoms with E-state index in [4.69, 9.17) is 27.6 Å². The number of Topliss-reactive ketones (excluding diaryl/α,β-unsaturated/α-hetero) is 1. The fourth-order valence-electron chi connectivity index (χ4n) is 3.39. The van der Waals surface area contributed by atoms with Crippen molar-refractivity contribution in [3.63, 3.8) is 0 Å². The molecule has 1 aliphatic rings. The molecule has 1 aromatic heterocycles. The van der Waals surface area contributed by atoms with Gasteiger partial charge in [-0.1, -0.05) is 59.6 Å². The topological polar surface area (TPSA) is 70.8 Å². The Morgan fingerprint density at radius 3 is 2.41 bits per heavy atom. The number of likely N-dealkylation sites (tertiary alicyclic amines) is 1. The first-order valence-corrected chi connectivity index (χ1v) is 9.54. The van der Waals surface area contributed by atoms with Gasteiger partial charge in [0, 0.05) is 5.56 Å². The molecule has 0 aliphatic carbocycles. The molecule has 2 aromatic carbocycles. The van der Waals surface area contributed by atoms with Crippen molar-refractivity contribution in [3.8, 4) is 0 Å². The first-order valence-electron chi connectivity index (χ1n) is 8.78. The molecule has 2 heterocycles. The van der Waals surface area contributed by atoms with Crippen LogP contribution < -0.4 is 0 Å². The molecule has 1 atom stereocenters. The van der Waals surface area contributed by atoms with Crippen molar-refractivity contribution < 1.29 is 19.1 Å². The van der Waals surface area contributed by atoms with Gasteiger partial charge in [0.05, 0.1) is 34.5 Å². The van der Waals surface area contributed by atoms with Crippen molar-refractivity contribution in [2.24, 2.45) is 0 Å². The summed E-state index contributed by atoms with van der Waals surface area (Å²) in [5.74, 6) is -1.23. The minimum atomic E-state index is -0.838. The Morgan fingerprint density at radius 2 is 1.76 bits per heavy atom. The lowest BCUT2D eigenvalue weighted by atomic mass is 9.95. The molecule has 146 valence electrons. The van der Waals surface area contributed by atoms with Crippen LogP contribution in [0.5, 0.6) is 0 Å². The average Bonchev–Trinajstić information content (AvgIpc) is 3.33. The largest absolute Gasteiger partial charge is 0.507 e. The minimum absolute atomic E-state index is 0.00820. The van der Waals surface area contributed by atoms with E-state index in [1.165, 1.54) is 11.2 Å². The van der Waals surface area contributed by atoms with Crippen LogP contribution in [-0.4, -0.2) is 21.7 Å². The van der Waals surface area contributed by atoms with Crippen molar-refractivity contribution >= 4 is 40.7 Å². The summed E-state index contributed by atoms with van der Waals surface area (Å²) in [6.07, 6.45) is 1.49. The summed E-state index contributed by atoms with van der Waals surface area (Å²) in [5.41, 5.74) is 0.988. The van der Waals surface area contributed by atoms with Crippen LogP contribution in [0.25, 0.3) is 5.76 Å². The summed E-state index contributed by atoms with van der Waals surface area (Å²) in [6.45, 7) is 0.0635. The highest BCUT2D eigenvalue weighted by atomic mass is 35.5. The number of halogens is 2. The van der Waals surface area contributed by atoms with Gasteiger partial charge in [-0.2, -0.15) is 0 Å². The van der Waals surface area contributed by atoms with E-state index in [-0.39, 0.29) is 22.9 Å². The number of ketones is 1. The van der Waals surface area contributed by atoms with Crippen LogP contribution in [0, 0.1) is 0 Å². The molecule has 1 fully saturated rings. The van der Waals surface area contributed by atoms with Crippen LogP contribution in [0.15, 0.2) is 76.9 Å². The quantitative estimate of drug-likeness (QED) is 0.352. The maximum atomic E-state index is 12.9. The molecule has 7 heteroatoms. The van der Waals surface area contributed by atoms with Crippen LogP contribution in [-0.2, 0) is 16.1 Å². The van der Waals surface area contributed by atoms with Crippen LogP contribution in [0.3, 0.4) is 0 Å². The predicted molar refractivity (Wildman–Crippen MR) is 109 cm³/mol. The van der Waals surface area contributed by atoms with Crippen molar-refractivity contribution in [1.29, 1.82) is 0 Å². The van der Waals surface area contributed by atoms with Gasteiger partial charge in [-0.25, -0.2) is 0 Å². The fourth-order valence-corrected chi connectivity index (χ4v) is 3.70. The van der Waals surface area contributed by atoms with Gasteiger partial charge in [-0.15, -0.1) is 0 Å². The highest BCUT2D eigenvalue weighted by Gasteiger charge is 2.46. The molecular weight excluding hydrogens is 413 g/mol. The van der Waals surface area contributed by atoms with E-state index in [1.54, 1.807) is 60.7 Å². The van der Waals surface area contributed by atoms with Gasteiger partial charge in [-0.3, -0.25) is 9.59 Å². The summed E-state index contributed by atoms with van der Waals surface area (Å²) in [7, 11) is 0. The predicted octanol–water partition coefficient (Wildman–Crippen LogP) is 5.21. The molecule has 3 aromatic rings. The van der Waals surface area contributed by atoms with E-state index >= 15 is 0 Å². The Hall–Kier alpha value is -3.02. The third-order valence-corrected chi connectivity index (χ3v) is 5.49. The van der Waals surface area contributed by atoms with E-state index in [2.05, 4.69) is 0 Å². The molecule has 1 N–H and O–H groups in total. The van der Waals surface area contributed by atoms with E-state index in [9.17, 15) is 14.7 Å². The van der Waals surface area contributed by atoms with Gasteiger partial charge in [0.15, 0.2) is 0 Å². The van der Waals surface area contributed by atoms with Crippen LogP contribution in [0.2, 0.25) is 10.0 Å². The number of hydrogen-bond donors (Lipinski definition) is 1. The molecule has 0 unspecified atom stereocenters. The highest BCUT2D eigenvalue weighted by molar-refractivity contribution is 6.46. The molecule has 0 spiro atoms. The molecule has 1 amide bonds. The molecule has 29 heavy (non-hydrogen) atoms. The van der Waals surface area contributed by atoms with E-state index in [1.807, 2.05) is 0 Å². The van der Waals surface area contributed by atoms with Gasteiger partial charge in [0.1, 0.15) is 11.5 Å². The Kier molecular flexibility index (Phi) is 5.18. The lowest BCUT2D eigenvalue weighted by Crippen LogP contribution is -2.29. The van der Waals surface area contributed by atoms with Gasteiger partial charge >= 0.3 is 0 Å². The summed E-state index contributed by atoms with van der Waals surface area (Å²) < 4.78 is 5.36. The molecule has 0 radical (unpaired) electrons. The fraction of sp³-hybridized carbons (Fsp3) is 0.0909. The van der Waals surface area contributed by atoms with Gasteiger partial charge in [-0.05, 0) is 29.8 Å². The number of amides is 1. The lowest BCUT2D eigenvalue weighted by Gasteiger charge is -2.24. The van der Waals surface area contributed by atoms with E-state index < -0.39 is 17.7 Å². The van der Waals surface area contributed by atoms with Gasteiger partial charge < -0.3 is 14.4 Å². The summed E-state index contributed by atoms with van der Waals surface area (Å²) in [5, 5.41) is 11.5. The monoisotopic (exact) mass is 427 g/mol. The number of aliphatic hydroxyl groups is 1. The standard InChI is InChI=1S/C22H15Cl2NO4/c23-16-9-8-14(11-17(16)24)19-18(20(26)13-5-2-1-3-6-13)21(27)22(28)25(19)12-15-7-4-10-29-15/h1-11,19,26H,12H2/t19-/m1/s1. The van der Waals surface area contributed by atoms with Crippen LogP contribution in [0.1, 0.15) is 22.9 Å². The van der Waals surface area contributed by atoms with Crippen molar-refractivity contribution in [2.75, 3.05) is 0 Å². The van der Waals surface area contributed by atoms with Crippen LogP contribution >= 0.6 is 23.2 Å². The Labute approximate surface area is 176 Å². The zero-order valence-electron chi connectivity index (χ0n) is 15.0. The molecule has 0 bridgehead atoms. The second-order valence-electron chi connectivity index (χ2n) is 6.55. The normalized spacial score (nSPS) is 18.4. The maximum Gasteiger partial charge on any atom is 0.296 e. The Morgan fingerprint density at radius 1 is 1.00 bits per heavy atom. The first-order chi connectivity index (χ1) is 14.0. The van der Waals surface area contributed by atoms with Crippen molar-refractivity contribution in [1.82, 2.24) is 4.90 Å². The zero-order valence-corrected chi connectivity index (χ0v) is 16.5. The number of aliphatic hydroxyl groups excluding tert-OH is 1. The van der Waals surface area contributed by atoms with Gasteiger partial charge in [0.25, 0.3) is 11.7 Å². The lowest BCUT2D eigenvalue weighted by molar-refractivity contribution is -0.140. The number of rotatable bonds is 4. The number of benzene rings is 2. The Bertz CT molecular complexity index is 1110. The molecule has 0 saturated carbocycles. The molecule has 5 nitrogen and oxygen atoms in total. The summed E-state index contributed by atoms with van der Waals surface area (Å²) in [4.78, 5) is 27.1. The molecule has 1 aliphatic heterocycles. The number of hydrogen-bond acceptors (Lipinski definition) is 4. The Balaban J connectivity index is 1.89. The number of carbonyl (C=O) groups is 2. The SMILES string of the molecule is O=C1C(=O)N(Cc2ccco2)[C@H](c2ccc(Cl)c(Cl)c2)C1=C(O)c1ccccc1. The molecular formula is C22H15Cl2NO4. The number of furan rings is 1. The maximum absolute atomic E-state index is 12.9. The molecule has 1 saturated heterocycles. The van der Waals surface area contributed by atoms with E-state index in [0.29, 0.717) is 21.9 Å². The highest BCUT2D eigenvalue weighted by Crippen LogP contribution is 2.41. The van der Waals surface area contributed by atoms with Gasteiger partial charge in [0.2, 0.25) is 0 Å². The van der Waals surface area contributed by atoms with E-state index in [0.717, 1.165) is 0 Å². The first kappa shape index (κ1) is 19.3. The second-order valence-corrected chi connectivity index (χ2v) is 7.36. The summed E-state index contributed by atoms with van der Waals surface area (Å²) >= 11 is 12.2. The second kappa shape index (κ2) is 7.78. The third kappa shape index (κ3) is 3.55. The summed E-state index contributed by atoms with van der Waals surface area (Å²) in [6, 6.07) is 16.0. The number of carbonyl (C=O) groups excluding carboxylic acids is 2. The zero-order chi connectivity index (χ0) is 20.5. The third-order valence-electron chi connectivity index (χ3n) is 4.75. The van der Waals surface area contributed by atoms with Crippen molar-refractivity contribution in [3.05, 3.63) is 99.4 Å².